The second-order valence-electron chi connectivity index (χ2n) is 7.44. The number of amides is 1. The molecule has 1 aromatic heterocycles. The van der Waals surface area contributed by atoms with E-state index in [1.54, 1.807) is 30.5 Å². The molecule has 3 aromatic rings. The van der Waals surface area contributed by atoms with E-state index in [4.69, 9.17) is 5.73 Å². The molecule has 4 rings (SSSR count). The number of hydrogen-bond acceptors (Lipinski definition) is 4. The lowest BCUT2D eigenvalue weighted by Crippen LogP contribution is -2.40. The monoisotopic (exact) mass is 408 g/mol. The van der Waals surface area contributed by atoms with Crippen LogP contribution in [0.3, 0.4) is 0 Å². The van der Waals surface area contributed by atoms with Crippen LogP contribution in [0.15, 0.2) is 54.7 Å². The minimum absolute atomic E-state index is 0.0476. The Hall–Kier alpha value is -3.35. The quantitative estimate of drug-likeness (QED) is 0.699. The summed E-state index contributed by atoms with van der Waals surface area (Å²) in [5.41, 5.74) is 8.80. The third kappa shape index (κ3) is 4.30. The first-order valence-corrected chi connectivity index (χ1v) is 9.93. The summed E-state index contributed by atoms with van der Waals surface area (Å²) in [6.07, 6.45) is 4.42. The molecule has 0 spiro atoms. The molecule has 2 heterocycles. The maximum Gasteiger partial charge on any atom is 0.227 e. The number of carbonyl (C=O) groups excluding carboxylic acids is 1. The number of hydrogen-bond donors (Lipinski definition) is 1. The molecule has 0 unspecified atom stereocenters. The number of piperidine rings is 1. The third-order valence-electron chi connectivity index (χ3n) is 5.40. The average Bonchev–Trinajstić information content (AvgIpc) is 2.76. The predicted octanol–water partition coefficient (Wildman–Crippen LogP) is 4.30. The van der Waals surface area contributed by atoms with E-state index in [2.05, 4.69) is 9.97 Å². The lowest BCUT2D eigenvalue weighted by Gasteiger charge is -2.36. The van der Waals surface area contributed by atoms with Crippen molar-refractivity contribution in [2.45, 2.75) is 31.7 Å². The second kappa shape index (κ2) is 8.57. The molecular formula is C23H22F2N4O. The molecule has 1 aliphatic rings. The van der Waals surface area contributed by atoms with E-state index < -0.39 is 0 Å². The zero-order chi connectivity index (χ0) is 21.1. The second-order valence-corrected chi connectivity index (χ2v) is 7.44. The van der Waals surface area contributed by atoms with Crippen molar-refractivity contribution in [1.29, 1.82) is 0 Å². The van der Waals surface area contributed by atoms with Crippen molar-refractivity contribution in [1.82, 2.24) is 14.9 Å². The van der Waals surface area contributed by atoms with Crippen molar-refractivity contribution < 1.29 is 13.6 Å². The van der Waals surface area contributed by atoms with Gasteiger partial charge < -0.3 is 10.6 Å². The first-order chi connectivity index (χ1) is 14.5. The van der Waals surface area contributed by atoms with Crippen LogP contribution in [0.25, 0.3) is 11.1 Å². The highest BCUT2D eigenvalue weighted by molar-refractivity contribution is 5.80. The number of nitrogens with zero attached hydrogens (tertiary/aromatic N) is 3. The summed E-state index contributed by atoms with van der Waals surface area (Å²) in [7, 11) is 0. The fourth-order valence-electron chi connectivity index (χ4n) is 3.91. The third-order valence-corrected chi connectivity index (χ3v) is 5.40. The number of rotatable bonds is 4. The highest BCUT2D eigenvalue weighted by atomic mass is 19.1. The molecule has 1 saturated heterocycles. The summed E-state index contributed by atoms with van der Waals surface area (Å²) in [4.78, 5) is 23.5. The molecule has 7 heteroatoms. The van der Waals surface area contributed by atoms with Gasteiger partial charge in [-0.15, -0.1) is 0 Å². The number of nitrogen functional groups attached to an aromatic ring is 1. The zero-order valence-electron chi connectivity index (χ0n) is 16.4. The normalized spacial score (nSPS) is 16.5. The molecule has 1 amide bonds. The fourth-order valence-corrected chi connectivity index (χ4v) is 3.91. The summed E-state index contributed by atoms with van der Waals surface area (Å²) in [5.74, 6) is -0.575. The smallest absolute Gasteiger partial charge is 0.227 e. The first-order valence-electron chi connectivity index (χ1n) is 9.93. The van der Waals surface area contributed by atoms with Crippen LogP contribution in [0.4, 0.5) is 14.7 Å². The van der Waals surface area contributed by atoms with Gasteiger partial charge in [-0.3, -0.25) is 4.79 Å². The van der Waals surface area contributed by atoms with Crippen LogP contribution in [-0.2, 0) is 11.2 Å². The highest BCUT2D eigenvalue weighted by Crippen LogP contribution is 2.36. The summed E-state index contributed by atoms with van der Waals surface area (Å²) in [6, 6.07) is 11.8. The van der Waals surface area contributed by atoms with Crippen LogP contribution in [0, 0.1) is 11.6 Å². The summed E-state index contributed by atoms with van der Waals surface area (Å²) < 4.78 is 26.6. The molecule has 5 nitrogen and oxygen atoms in total. The van der Waals surface area contributed by atoms with Gasteiger partial charge in [-0.2, -0.15) is 0 Å². The predicted molar refractivity (Wildman–Crippen MR) is 110 cm³/mol. The largest absolute Gasteiger partial charge is 0.368 e. The first kappa shape index (κ1) is 19.9. The SMILES string of the molecule is Nc1ncc(-c2ccc(F)cc2)c([C@H]2CCCCN2C(=O)Cc2ccc(F)cc2)n1. The summed E-state index contributed by atoms with van der Waals surface area (Å²) in [6.45, 7) is 0.609. The molecule has 30 heavy (non-hydrogen) atoms. The number of nitrogens with two attached hydrogens (primary N) is 1. The number of benzene rings is 2. The van der Waals surface area contributed by atoms with E-state index in [0.717, 1.165) is 36.0 Å². The van der Waals surface area contributed by atoms with E-state index in [9.17, 15) is 13.6 Å². The summed E-state index contributed by atoms with van der Waals surface area (Å²) >= 11 is 0. The van der Waals surface area contributed by atoms with Crippen LogP contribution < -0.4 is 5.73 Å². The van der Waals surface area contributed by atoms with Crippen molar-refractivity contribution in [2.75, 3.05) is 12.3 Å². The molecule has 0 radical (unpaired) electrons. The zero-order valence-corrected chi connectivity index (χ0v) is 16.4. The van der Waals surface area contributed by atoms with Crippen molar-refractivity contribution in [2.24, 2.45) is 0 Å². The minimum Gasteiger partial charge on any atom is -0.368 e. The molecule has 1 atom stereocenters. The van der Waals surface area contributed by atoms with Gasteiger partial charge in [0, 0.05) is 18.3 Å². The molecular weight excluding hydrogens is 386 g/mol. The van der Waals surface area contributed by atoms with Crippen molar-refractivity contribution in [3.8, 4) is 11.1 Å². The number of halogens is 2. The Bertz CT molecular complexity index is 1040. The lowest BCUT2D eigenvalue weighted by molar-refractivity contribution is -0.134. The Morgan fingerprint density at radius 3 is 2.40 bits per heavy atom. The average molecular weight is 408 g/mol. The summed E-state index contributed by atoms with van der Waals surface area (Å²) in [5, 5.41) is 0. The molecule has 0 saturated carbocycles. The van der Waals surface area contributed by atoms with Crippen LogP contribution >= 0.6 is 0 Å². The molecule has 2 aromatic carbocycles. The topological polar surface area (TPSA) is 72.1 Å². The molecule has 154 valence electrons. The highest BCUT2D eigenvalue weighted by Gasteiger charge is 2.31. The van der Waals surface area contributed by atoms with Crippen LogP contribution in [0.1, 0.15) is 36.6 Å². The van der Waals surface area contributed by atoms with Gasteiger partial charge in [-0.1, -0.05) is 24.3 Å². The van der Waals surface area contributed by atoms with Crippen molar-refractivity contribution in [3.05, 3.63) is 77.6 Å². The van der Waals surface area contributed by atoms with Gasteiger partial charge in [0.1, 0.15) is 11.6 Å². The number of aromatic nitrogens is 2. The van der Waals surface area contributed by atoms with Gasteiger partial charge in [-0.25, -0.2) is 18.7 Å². The Balaban J connectivity index is 1.67. The molecule has 1 fully saturated rings. The van der Waals surface area contributed by atoms with Crippen LogP contribution in [0.5, 0.6) is 0 Å². The Kier molecular flexibility index (Phi) is 5.70. The van der Waals surface area contributed by atoms with Gasteiger partial charge in [0.2, 0.25) is 11.9 Å². The van der Waals surface area contributed by atoms with Gasteiger partial charge in [0.05, 0.1) is 18.2 Å². The van der Waals surface area contributed by atoms with Crippen LogP contribution in [0.2, 0.25) is 0 Å². The van der Waals surface area contributed by atoms with E-state index in [1.165, 1.54) is 24.3 Å². The van der Waals surface area contributed by atoms with E-state index in [1.807, 2.05) is 4.90 Å². The molecule has 1 aliphatic heterocycles. The van der Waals surface area contributed by atoms with E-state index in [0.29, 0.717) is 12.2 Å². The van der Waals surface area contributed by atoms with Crippen molar-refractivity contribution >= 4 is 11.9 Å². The van der Waals surface area contributed by atoms with Crippen LogP contribution in [-0.4, -0.2) is 27.3 Å². The van der Waals surface area contributed by atoms with Gasteiger partial charge in [-0.05, 0) is 54.7 Å². The Morgan fingerprint density at radius 2 is 1.70 bits per heavy atom. The molecule has 2 N–H and O–H groups in total. The minimum atomic E-state index is -0.331. The Labute approximate surface area is 173 Å². The van der Waals surface area contributed by atoms with E-state index in [-0.39, 0.29) is 36.0 Å². The standard InChI is InChI=1S/C23H22F2N4O/c24-17-8-4-15(5-9-17)13-21(30)29-12-2-1-3-20(29)22-19(14-27-23(26)28-22)16-6-10-18(25)11-7-16/h4-11,14,20H,1-3,12-13H2,(H2,26,27,28)/t20-/m1/s1. The molecule has 0 aliphatic carbocycles. The number of likely N-dealkylation sites (tertiary alicyclic amines) is 1. The fraction of sp³-hybridized carbons (Fsp3) is 0.261. The number of anilines is 1. The van der Waals surface area contributed by atoms with Gasteiger partial charge in [0.25, 0.3) is 0 Å². The van der Waals surface area contributed by atoms with Gasteiger partial charge >= 0.3 is 0 Å². The molecule has 0 bridgehead atoms. The maximum absolute atomic E-state index is 13.4. The Morgan fingerprint density at radius 1 is 1.03 bits per heavy atom. The number of carbonyl (C=O) groups is 1. The maximum atomic E-state index is 13.4. The van der Waals surface area contributed by atoms with E-state index >= 15 is 0 Å². The lowest BCUT2D eigenvalue weighted by atomic mass is 9.93. The van der Waals surface area contributed by atoms with Crippen molar-refractivity contribution in [3.63, 3.8) is 0 Å². The van der Waals surface area contributed by atoms with Gasteiger partial charge in [0.15, 0.2) is 0 Å².